The van der Waals surface area contributed by atoms with E-state index >= 15 is 0 Å². The predicted molar refractivity (Wildman–Crippen MR) is 71.5 cm³/mol. The van der Waals surface area contributed by atoms with Gasteiger partial charge in [-0.3, -0.25) is 0 Å². The average molecular weight is 357 g/mol. The zero-order valence-electron chi connectivity index (χ0n) is 12.1. The molecule has 0 rings (SSSR count). The molecule has 17 heavy (non-hydrogen) atoms. The fourth-order valence-electron chi connectivity index (χ4n) is 2.06. The molecule has 0 aromatic rings. The van der Waals surface area contributed by atoms with Crippen molar-refractivity contribution in [1.29, 1.82) is 0 Å². The van der Waals surface area contributed by atoms with Crippen molar-refractivity contribution >= 4 is 0 Å². The van der Waals surface area contributed by atoms with Gasteiger partial charge in [0.1, 0.15) is 6.54 Å². The third-order valence-corrected chi connectivity index (χ3v) is 3.32. The summed E-state index contributed by atoms with van der Waals surface area (Å²) in [6.45, 7) is 4.66. The average Bonchev–Trinajstić information content (AvgIpc) is 2.22. The highest BCUT2D eigenvalue weighted by Crippen LogP contribution is 2.09. The molecular formula is C14H32INO. The molecule has 0 aliphatic rings. The summed E-state index contributed by atoms with van der Waals surface area (Å²) in [4.78, 5) is 0. The van der Waals surface area contributed by atoms with E-state index in [-0.39, 0.29) is 24.0 Å². The summed E-state index contributed by atoms with van der Waals surface area (Å²) in [5.41, 5.74) is 0. The lowest BCUT2D eigenvalue weighted by Gasteiger charge is -2.28. The summed E-state index contributed by atoms with van der Waals surface area (Å²) < 4.78 is 0.965. The molecule has 0 aromatic carbocycles. The molecule has 0 radical (unpaired) electrons. The van der Waals surface area contributed by atoms with Crippen LogP contribution in [0.15, 0.2) is 0 Å². The van der Waals surface area contributed by atoms with Gasteiger partial charge in [0.15, 0.2) is 0 Å². The largest absolute Gasteiger partial charge is 1.00 e. The Labute approximate surface area is 125 Å². The number of unbranched alkanes of at least 4 members (excludes halogenated alkanes) is 7. The highest BCUT2D eigenvalue weighted by molar-refractivity contribution is 4.46. The van der Waals surface area contributed by atoms with Crippen LogP contribution in [0.5, 0.6) is 0 Å². The molecule has 0 aromatic heterocycles. The number of nitrogens with zero attached hydrogens (tertiary/aromatic N) is 1. The summed E-state index contributed by atoms with van der Waals surface area (Å²) >= 11 is 0. The SMILES string of the molecule is CCCCCCCCCC[N+](C)(C)CCO.[I-]. The van der Waals surface area contributed by atoms with Crippen molar-refractivity contribution in [2.45, 2.75) is 58.3 Å². The maximum atomic E-state index is 8.91. The molecule has 2 nitrogen and oxygen atoms in total. The van der Waals surface area contributed by atoms with Gasteiger partial charge in [0.2, 0.25) is 0 Å². The van der Waals surface area contributed by atoms with Gasteiger partial charge in [-0.1, -0.05) is 45.4 Å². The van der Waals surface area contributed by atoms with Gasteiger partial charge < -0.3 is 33.6 Å². The Bertz CT molecular complexity index is 151. The standard InChI is InChI=1S/C14H32NO.HI/c1-4-5-6-7-8-9-10-11-12-15(2,3)13-14-16;/h16H,4-14H2,1-3H3;1H/q+1;/p-1. The van der Waals surface area contributed by atoms with Crippen molar-refractivity contribution in [2.24, 2.45) is 0 Å². The number of hydrogen-bond acceptors (Lipinski definition) is 1. The maximum Gasteiger partial charge on any atom is 0.102 e. The lowest BCUT2D eigenvalue weighted by molar-refractivity contribution is -0.890. The molecule has 0 amide bonds. The first kappa shape index (κ1) is 20.0. The third-order valence-electron chi connectivity index (χ3n) is 3.32. The number of likely N-dealkylation sites (N-methyl/N-ethyl adjacent to an activating group) is 1. The first-order valence-corrected chi connectivity index (χ1v) is 7.05. The second-order valence-corrected chi connectivity index (χ2v) is 5.58. The van der Waals surface area contributed by atoms with Crippen LogP contribution in [0.3, 0.4) is 0 Å². The van der Waals surface area contributed by atoms with Crippen LogP contribution in [0.25, 0.3) is 0 Å². The lowest BCUT2D eigenvalue weighted by atomic mass is 10.1. The molecule has 0 saturated heterocycles. The summed E-state index contributed by atoms with van der Waals surface area (Å²) in [6.07, 6.45) is 11.1. The van der Waals surface area contributed by atoms with E-state index in [1.807, 2.05) is 0 Å². The maximum absolute atomic E-state index is 8.91. The van der Waals surface area contributed by atoms with Crippen LogP contribution in [0.2, 0.25) is 0 Å². The fraction of sp³-hybridized carbons (Fsp3) is 1.00. The van der Waals surface area contributed by atoms with Crippen molar-refractivity contribution in [3.05, 3.63) is 0 Å². The fourth-order valence-corrected chi connectivity index (χ4v) is 2.06. The van der Waals surface area contributed by atoms with Crippen LogP contribution >= 0.6 is 0 Å². The van der Waals surface area contributed by atoms with Crippen LogP contribution < -0.4 is 24.0 Å². The number of aliphatic hydroxyl groups excluding tert-OH is 1. The summed E-state index contributed by atoms with van der Waals surface area (Å²) in [6, 6.07) is 0. The Balaban J connectivity index is 0. The molecule has 0 atom stereocenters. The highest BCUT2D eigenvalue weighted by atomic mass is 127. The number of aliphatic hydroxyl groups is 1. The summed E-state index contributed by atoms with van der Waals surface area (Å²) in [5, 5.41) is 8.91. The molecule has 0 bridgehead atoms. The van der Waals surface area contributed by atoms with E-state index in [2.05, 4.69) is 21.0 Å². The Kier molecular flexibility index (Phi) is 15.4. The molecule has 3 heteroatoms. The molecule has 0 saturated carbocycles. The van der Waals surface area contributed by atoms with Crippen LogP contribution in [0, 0.1) is 0 Å². The van der Waals surface area contributed by atoms with Crippen molar-refractivity contribution in [3.63, 3.8) is 0 Å². The van der Waals surface area contributed by atoms with E-state index in [1.54, 1.807) is 0 Å². The number of halogens is 1. The quantitative estimate of drug-likeness (QED) is 0.318. The van der Waals surface area contributed by atoms with Crippen LogP contribution in [0.1, 0.15) is 58.3 Å². The van der Waals surface area contributed by atoms with Gasteiger partial charge in [-0.15, -0.1) is 0 Å². The normalized spacial score (nSPS) is 11.3. The molecule has 0 aliphatic carbocycles. The van der Waals surface area contributed by atoms with E-state index in [9.17, 15) is 0 Å². The van der Waals surface area contributed by atoms with Gasteiger partial charge in [-0.05, 0) is 12.8 Å². The van der Waals surface area contributed by atoms with E-state index in [4.69, 9.17) is 5.11 Å². The second-order valence-electron chi connectivity index (χ2n) is 5.58. The third kappa shape index (κ3) is 14.6. The van der Waals surface area contributed by atoms with E-state index < -0.39 is 0 Å². The summed E-state index contributed by atoms with van der Waals surface area (Å²) in [5.74, 6) is 0. The smallest absolute Gasteiger partial charge is 0.102 e. The zero-order chi connectivity index (χ0) is 12.3. The zero-order valence-corrected chi connectivity index (χ0v) is 14.2. The molecule has 0 unspecified atom stereocenters. The minimum atomic E-state index is 0. The molecule has 0 spiro atoms. The Morgan fingerprint density at radius 3 is 1.71 bits per heavy atom. The van der Waals surface area contributed by atoms with Crippen LogP contribution in [0.4, 0.5) is 0 Å². The molecule has 0 fully saturated rings. The van der Waals surface area contributed by atoms with Gasteiger partial charge in [0.05, 0.1) is 27.2 Å². The first-order valence-electron chi connectivity index (χ1n) is 7.05. The predicted octanol–water partition coefficient (Wildman–Crippen LogP) is 0.200. The van der Waals surface area contributed by atoms with Gasteiger partial charge in [-0.25, -0.2) is 0 Å². The lowest BCUT2D eigenvalue weighted by Crippen LogP contribution is -3.00. The minimum Gasteiger partial charge on any atom is -1.00 e. The Hall–Kier alpha value is 0.650. The number of rotatable bonds is 11. The summed E-state index contributed by atoms with van der Waals surface area (Å²) in [7, 11) is 4.41. The van der Waals surface area contributed by atoms with Gasteiger partial charge in [0.25, 0.3) is 0 Å². The molecule has 0 aliphatic heterocycles. The van der Waals surface area contributed by atoms with Gasteiger partial charge in [0, 0.05) is 0 Å². The van der Waals surface area contributed by atoms with Crippen LogP contribution in [-0.4, -0.2) is 43.4 Å². The highest BCUT2D eigenvalue weighted by Gasteiger charge is 2.12. The van der Waals surface area contributed by atoms with Gasteiger partial charge >= 0.3 is 0 Å². The van der Waals surface area contributed by atoms with E-state index in [0.717, 1.165) is 11.0 Å². The second kappa shape index (κ2) is 13.1. The van der Waals surface area contributed by atoms with Gasteiger partial charge in [-0.2, -0.15) is 0 Å². The van der Waals surface area contributed by atoms with Crippen LogP contribution in [-0.2, 0) is 0 Å². The number of quaternary nitrogens is 1. The van der Waals surface area contributed by atoms with E-state index in [1.165, 1.54) is 57.9 Å². The monoisotopic (exact) mass is 357 g/mol. The first-order chi connectivity index (χ1) is 7.62. The minimum absolute atomic E-state index is 0. The van der Waals surface area contributed by atoms with E-state index in [0.29, 0.717) is 6.61 Å². The molecular weight excluding hydrogens is 325 g/mol. The van der Waals surface area contributed by atoms with Crippen molar-refractivity contribution in [2.75, 3.05) is 33.8 Å². The Morgan fingerprint density at radius 2 is 1.24 bits per heavy atom. The topological polar surface area (TPSA) is 20.2 Å². The molecule has 0 heterocycles. The van der Waals surface area contributed by atoms with Crippen molar-refractivity contribution < 1.29 is 33.6 Å². The number of hydrogen-bond donors (Lipinski definition) is 1. The van der Waals surface area contributed by atoms with Crippen molar-refractivity contribution in [1.82, 2.24) is 0 Å². The van der Waals surface area contributed by atoms with Crippen molar-refractivity contribution in [3.8, 4) is 0 Å². The molecule has 106 valence electrons. The molecule has 1 N–H and O–H groups in total. The Morgan fingerprint density at radius 1 is 0.765 bits per heavy atom.